The van der Waals surface area contributed by atoms with E-state index in [2.05, 4.69) is 31.4 Å². The van der Waals surface area contributed by atoms with Crippen molar-refractivity contribution in [2.24, 2.45) is 16.7 Å². The lowest BCUT2D eigenvalue weighted by atomic mass is 9.83. The maximum absolute atomic E-state index is 11.9. The molecule has 1 heterocycles. The second kappa shape index (κ2) is 4.02. The van der Waals surface area contributed by atoms with Gasteiger partial charge in [0.25, 0.3) is 0 Å². The molecule has 2 N–H and O–H groups in total. The van der Waals surface area contributed by atoms with E-state index in [1.54, 1.807) is 0 Å². The number of carbonyl (C=O) groups is 1. The Morgan fingerprint density at radius 1 is 1.44 bits per heavy atom. The van der Waals surface area contributed by atoms with Gasteiger partial charge in [0.2, 0.25) is 5.91 Å². The van der Waals surface area contributed by atoms with E-state index in [9.17, 15) is 4.79 Å². The fraction of sp³-hybridized carbons (Fsp3) is 0.923. The summed E-state index contributed by atoms with van der Waals surface area (Å²) in [6.07, 6.45) is 3.49. The molecule has 0 bridgehead atoms. The van der Waals surface area contributed by atoms with Gasteiger partial charge in [0.1, 0.15) is 0 Å². The summed E-state index contributed by atoms with van der Waals surface area (Å²) in [5.41, 5.74) is 0.503. The van der Waals surface area contributed by atoms with Crippen molar-refractivity contribution in [1.82, 2.24) is 10.6 Å². The Bertz CT molecular complexity index is 280. The molecule has 0 radical (unpaired) electrons. The van der Waals surface area contributed by atoms with E-state index < -0.39 is 0 Å². The molecule has 0 aromatic rings. The Morgan fingerprint density at radius 3 is 2.62 bits per heavy atom. The van der Waals surface area contributed by atoms with Crippen LogP contribution in [0.25, 0.3) is 0 Å². The Hall–Kier alpha value is -0.570. The highest BCUT2D eigenvalue weighted by atomic mass is 16.2. The normalized spacial score (nSPS) is 36.8. The zero-order valence-corrected chi connectivity index (χ0v) is 10.7. The summed E-state index contributed by atoms with van der Waals surface area (Å²) in [6, 6.07) is 0. The van der Waals surface area contributed by atoms with Crippen LogP contribution in [0.15, 0.2) is 0 Å². The summed E-state index contributed by atoms with van der Waals surface area (Å²) >= 11 is 0. The molecule has 3 nitrogen and oxygen atoms in total. The molecule has 3 heteroatoms. The molecule has 0 aromatic heterocycles. The van der Waals surface area contributed by atoms with Crippen molar-refractivity contribution in [2.45, 2.75) is 40.0 Å². The minimum atomic E-state index is 0.246. The van der Waals surface area contributed by atoms with Crippen LogP contribution in [-0.4, -0.2) is 25.5 Å². The maximum Gasteiger partial charge on any atom is 0.223 e. The van der Waals surface area contributed by atoms with Crippen molar-refractivity contribution < 1.29 is 4.79 Å². The third-order valence-corrected chi connectivity index (χ3v) is 4.20. The smallest absolute Gasteiger partial charge is 0.223 e. The molecule has 0 aromatic carbocycles. The molecule has 1 amide bonds. The van der Waals surface area contributed by atoms with Crippen molar-refractivity contribution in [3.63, 3.8) is 0 Å². The van der Waals surface area contributed by atoms with Gasteiger partial charge in [-0.3, -0.25) is 4.79 Å². The number of amides is 1. The zero-order valence-electron chi connectivity index (χ0n) is 10.7. The van der Waals surface area contributed by atoms with Crippen molar-refractivity contribution >= 4 is 5.91 Å². The summed E-state index contributed by atoms with van der Waals surface area (Å²) < 4.78 is 0. The maximum atomic E-state index is 11.9. The van der Waals surface area contributed by atoms with E-state index in [0.29, 0.717) is 0 Å². The monoisotopic (exact) mass is 224 g/mol. The highest BCUT2D eigenvalue weighted by Gasteiger charge is 2.50. The van der Waals surface area contributed by atoms with Crippen molar-refractivity contribution in [3.05, 3.63) is 0 Å². The molecule has 2 aliphatic rings. The first-order chi connectivity index (χ1) is 7.43. The number of hydrogen-bond acceptors (Lipinski definition) is 2. The van der Waals surface area contributed by atoms with E-state index in [4.69, 9.17) is 0 Å². The van der Waals surface area contributed by atoms with Crippen LogP contribution in [0.4, 0.5) is 0 Å². The Balaban J connectivity index is 1.76. The molecule has 2 rings (SSSR count). The summed E-state index contributed by atoms with van der Waals surface area (Å²) in [6.45, 7) is 9.58. The third-order valence-electron chi connectivity index (χ3n) is 4.20. The minimum absolute atomic E-state index is 0.246. The van der Waals surface area contributed by atoms with E-state index in [-0.39, 0.29) is 22.7 Å². The molecular weight excluding hydrogens is 200 g/mol. The van der Waals surface area contributed by atoms with Crippen molar-refractivity contribution in [1.29, 1.82) is 0 Å². The first kappa shape index (κ1) is 11.9. The molecule has 0 spiro atoms. The second-order valence-electron chi connectivity index (χ2n) is 6.55. The number of nitrogens with one attached hydrogen (secondary N) is 2. The van der Waals surface area contributed by atoms with Crippen molar-refractivity contribution in [3.8, 4) is 0 Å². The van der Waals surface area contributed by atoms with Gasteiger partial charge in [-0.25, -0.2) is 0 Å². The van der Waals surface area contributed by atoms with Crippen LogP contribution >= 0.6 is 0 Å². The van der Waals surface area contributed by atoms with Crippen LogP contribution in [0.5, 0.6) is 0 Å². The topological polar surface area (TPSA) is 41.1 Å². The predicted molar refractivity (Wildman–Crippen MR) is 65.1 cm³/mol. The molecule has 1 aliphatic carbocycles. The summed E-state index contributed by atoms with van der Waals surface area (Å²) in [5, 5.41) is 6.54. The highest BCUT2D eigenvalue weighted by Crippen LogP contribution is 2.51. The molecule has 1 saturated heterocycles. The summed E-state index contributed by atoms with van der Waals surface area (Å²) in [4.78, 5) is 11.9. The fourth-order valence-electron chi connectivity index (χ4n) is 2.61. The largest absolute Gasteiger partial charge is 0.355 e. The number of carbonyl (C=O) groups excluding carboxylic acids is 1. The van der Waals surface area contributed by atoms with E-state index >= 15 is 0 Å². The Kier molecular flexibility index (Phi) is 2.99. The standard InChI is InChI=1S/C13H24N2O/c1-12(2)7-10(12)11(16)15-9-13(3)5-4-6-14-8-13/h10,14H,4-9H2,1-3H3,(H,15,16). The molecule has 1 aliphatic heterocycles. The lowest BCUT2D eigenvalue weighted by Gasteiger charge is -2.34. The van der Waals surface area contributed by atoms with Gasteiger partial charge in [0, 0.05) is 19.0 Å². The van der Waals surface area contributed by atoms with Crippen LogP contribution < -0.4 is 10.6 Å². The zero-order chi connectivity index (χ0) is 11.8. The molecular formula is C13H24N2O. The quantitative estimate of drug-likeness (QED) is 0.763. The van der Waals surface area contributed by atoms with Crippen LogP contribution in [0.3, 0.4) is 0 Å². The Morgan fingerprint density at radius 2 is 2.12 bits per heavy atom. The SMILES string of the molecule is CC1(CNC(=O)C2CC2(C)C)CCCNC1. The highest BCUT2D eigenvalue weighted by molar-refractivity contribution is 5.82. The lowest BCUT2D eigenvalue weighted by Crippen LogP contribution is -2.46. The van der Waals surface area contributed by atoms with Gasteiger partial charge < -0.3 is 10.6 Å². The van der Waals surface area contributed by atoms with Gasteiger partial charge in [0.15, 0.2) is 0 Å². The van der Waals surface area contributed by atoms with Gasteiger partial charge in [-0.2, -0.15) is 0 Å². The third kappa shape index (κ3) is 2.57. The Labute approximate surface area is 98.4 Å². The first-order valence-corrected chi connectivity index (χ1v) is 6.41. The minimum Gasteiger partial charge on any atom is -0.355 e. The molecule has 2 atom stereocenters. The summed E-state index contributed by atoms with van der Waals surface area (Å²) in [7, 11) is 0. The number of hydrogen-bond donors (Lipinski definition) is 2. The van der Waals surface area contributed by atoms with Crippen LogP contribution in [-0.2, 0) is 4.79 Å². The van der Waals surface area contributed by atoms with Crippen LogP contribution in [0.1, 0.15) is 40.0 Å². The van der Waals surface area contributed by atoms with E-state index in [1.807, 2.05) is 0 Å². The number of rotatable bonds is 3. The van der Waals surface area contributed by atoms with Crippen LogP contribution in [0, 0.1) is 16.7 Å². The second-order valence-corrected chi connectivity index (χ2v) is 6.55. The average molecular weight is 224 g/mol. The molecule has 1 saturated carbocycles. The summed E-state index contributed by atoms with van der Waals surface area (Å²) in [5.74, 6) is 0.518. The van der Waals surface area contributed by atoms with Gasteiger partial charge in [-0.1, -0.05) is 20.8 Å². The van der Waals surface area contributed by atoms with Gasteiger partial charge in [-0.15, -0.1) is 0 Å². The predicted octanol–water partition coefficient (Wildman–Crippen LogP) is 1.54. The molecule has 92 valence electrons. The number of piperidine rings is 1. The van der Waals surface area contributed by atoms with Gasteiger partial charge in [0.05, 0.1) is 0 Å². The molecule has 2 fully saturated rings. The van der Waals surface area contributed by atoms with Crippen molar-refractivity contribution in [2.75, 3.05) is 19.6 Å². The van der Waals surface area contributed by atoms with E-state index in [1.165, 1.54) is 12.8 Å². The fourth-order valence-corrected chi connectivity index (χ4v) is 2.61. The van der Waals surface area contributed by atoms with E-state index in [0.717, 1.165) is 26.1 Å². The van der Waals surface area contributed by atoms with Crippen LogP contribution in [0.2, 0.25) is 0 Å². The van der Waals surface area contributed by atoms with Gasteiger partial charge in [-0.05, 0) is 36.6 Å². The molecule has 2 unspecified atom stereocenters. The first-order valence-electron chi connectivity index (χ1n) is 6.41. The lowest BCUT2D eigenvalue weighted by molar-refractivity contribution is -0.123. The average Bonchev–Trinajstić information content (AvgIpc) is 2.86. The molecule has 16 heavy (non-hydrogen) atoms. The van der Waals surface area contributed by atoms with Gasteiger partial charge >= 0.3 is 0 Å².